The Hall–Kier alpha value is -1.93. The normalized spacial score (nSPS) is 32.1. The lowest BCUT2D eigenvalue weighted by Crippen LogP contribution is -2.38. The van der Waals surface area contributed by atoms with Crippen molar-refractivity contribution in [3.05, 3.63) is 29.7 Å². The zero-order valence-electron chi connectivity index (χ0n) is 15.2. The minimum atomic E-state index is 0.259. The highest BCUT2D eigenvalue weighted by atomic mass is 16.5. The first-order valence-electron chi connectivity index (χ1n) is 10.1. The van der Waals surface area contributed by atoms with Crippen LogP contribution < -0.4 is 4.90 Å². The van der Waals surface area contributed by atoms with Crippen LogP contribution in [0.3, 0.4) is 0 Å². The van der Waals surface area contributed by atoms with Gasteiger partial charge < -0.3 is 9.64 Å². The van der Waals surface area contributed by atoms with E-state index in [9.17, 15) is 5.26 Å². The van der Waals surface area contributed by atoms with Gasteiger partial charge in [-0.1, -0.05) is 12.2 Å². The van der Waals surface area contributed by atoms with Gasteiger partial charge in [-0.05, 0) is 56.3 Å². The molecule has 0 spiro atoms. The fourth-order valence-corrected chi connectivity index (χ4v) is 4.91. The van der Waals surface area contributed by atoms with Gasteiger partial charge in [0.15, 0.2) is 0 Å². The van der Waals surface area contributed by atoms with E-state index in [-0.39, 0.29) is 6.10 Å². The number of rotatable bonds is 6. The van der Waals surface area contributed by atoms with Gasteiger partial charge in [-0.15, -0.1) is 0 Å². The molecule has 4 unspecified atom stereocenters. The number of fused-ring (bicyclic) bond motifs is 2. The molecule has 5 rings (SSSR count). The first-order valence-corrected chi connectivity index (χ1v) is 10.1. The molecule has 2 saturated carbocycles. The van der Waals surface area contributed by atoms with Crippen LogP contribution in [0.15, 0.2) is 18.3 Å². The molecule has 4 aliphatic rings. The van der Waals surface area contributed by atoms with Crippen LogP contribution in [0.4, 0.5) is 5.82 Å². The van der Waals surface area contributed by atoms with Crippen LogP contribution in [-0.4, -0.2) is 35.8 Å². The second-order valence-electron chi connectivity index (χ2n) is 8.43. The van der Waals surface area contributed by atoms with Crippen molar-refractivity contribution in [2.75, 3.05) is 24.6 Å². The Morgan fingerprint density at radius 2 is 2.12 bits per heavy atom. The molecule has 3 fully saturated rings. The van der Waals surface area contributed by atoms with E-state index >= 15 is 0 Å². The van der Waals surface area contributed by atoms with E-state index in [1.807, 2.05) is 0 Å². The zero-order valence-corrected chi connectivity index (χ0v) is 15.2. The topological polar surface area (TPSA) is 62.0 Å². The Bertz CT molecular complexity index is 745. The van der Waals surface area contributed by atoms with Gasteiger partial charge in [0.1, 0.15) is 23.3 Å². The van der Waals surface area contributed by atoms with E-state index in [2.05, 4.69) is 28.1 Å². The minimum absolute atomic E-state index is 0.259. The molecular weight excluding hydrogens is 324 g/mol. The molecule has 1 aliphatic heterocycles. The Morgan fingerprint density at radius 3 is 2.77 bits per heavy atom. The van der Waals surface area contributed by atoms with Gasteiger partial charge in [0.25, 0.3) is 0 Å². The number of anilines is 1. The molecule has 2 heterocycles. The zero-order chi connectivity index (χ0) is 17.5. The first-order chi connectivity index (χ1) is 12.8. The van der Waals surface area contributed by atoms with Crippen molar-refractivity contribution in [3.63, 3.8) is 0 Å². The molecule has 1 saturated heterocycles. The third-order valence-corrected chi connectivity index (χ3v) is 6.47. The number of nitriles is 1. The summed E-state index contributed by atoms with van der Waals surface area (Å²) in [6, 6.07) is 2.32. The van der Waals surface area contributed by atoms with Crippen molar-refractivity contribution in [2.24, 2.45) is 17.8 Å². The average Bonchev–Trinajstić information content (AvgIpc) is 3.05. The summed E-state index contributed by atoms with van der Waals surface area (Å²) in [6.07, 6.45) is 14.0. The van der Waals surface area contributed by atoms with Crippen LogP contribution in [0.5, 0.6) is 0 Å². The Kier molecular flexibility index (Phi) is 4.17. The highest BCUT2D eigenvalue weighted by Crippen LogP contribution is 2.44. The highest BCUT2D eigenvalue weighted by Gasteiger charge is 2.38. The van der Waals surface area contributed by atoms with E-state index < -0.39 is 0 Å². The average molecular weight is 350 g/mol. The number of nitrogens with zero attached hydrogens (tertiary/aromatic N) is 4. The molecule has 0 N–H and O–H groups in total. The van der Waals surface area contributed by atoms with Crippen molar-refractivity contribution >= 4 is 5.82 Å². The molecule has 0 radical (unpaired) electrons. The maximum atomic E-state index is 9.64. The molecule has 4 atom stereocenters. The SMILES string of the molecule is N#Cc1cnc(C2CC2)nc1N(CC1CCCO1)CC1CC2C=CC1C2. The maximum Gasteiger partial charge on any atom is 0.150 e. The lowest BCUT2D eigenvalue weighted by atomic mass is 9.93. The maximum absolute atomic E-state index is 9.64. The minimum Gasteiger partial charge on any atom is -0.376 e. The lowest BCUT2D eigenvalue weighted by molar-refractivity contribution is 0.114. The summed E-state index contributed by atoms with van der Waals surface area (Å²) in [5.74, 6) is 4.38. The molecule has 136 valence electrons. The first kappa shape index (κ1) is 16.3. The van der Waals surface area contributed by atoms with Crippen LogP contribution in [0.2, 0.25) is 0 Å². The summed E-state index contributed by atoms with van der Waals surface area (Å²) in [5.41, 5.74) is 0.603. The summed E-state index contributed by atoms with van der Waals surface area (Å²) in [4.78, 5) is 11.7. The summed E-state index contributed by atoms with van der Waals surface area (Å²) in [7, 11) is 0. The van der Waals surface area contributed by atoms with Gasteiger partial charge in [-0.2, -0.15) is 5.26 Å². The molecule has 0 aromatic carbocycles. The molecule has 5 heteroatoms. The summed E-state index contributed by atoms with van der Waals surface area (Å²) in [5, 5.41) is 9.64. The number of aromatic nitrogens is 2. The van der Waals surface area contributed by atoms with Crippen LogP contribution in [0.1, 0.15) is 55.8 Å². The number of ether oxygens (including phenoxy) is 1. The van der Waals surface area contributed by atoms with Gasteiger partial charge in [-0.3, -0.25) is 0 Å². The highest BCUT2D eigenvalue weighted by molar-refractivity contribution is 5.53. The van der Waals surface area contributed by atoms with E-state index in [0.29, 0.717) is 23.3 Å². The summed E-state index contributed by atoms with van der Waals surface area (Å²) >= 11 is 0. The van der Waals surface area contributed by atoms with Crippen LogP contribution in [-0.2, 0) is 4.74 Å². The van der Waals surface area contributed by atoms with E-state index in [0.717, 1.165) is 50.1 Å². The molecule has 2 bridgehead atoms. The van der Waals surface area contributed by atoms with Crippen LogP contribution in [0.25, 0.3) is 0 Å². The third-order valence-electron chi connectivity index (χ3n) is 6.47. The molecule has 5 nitrogen and oxygen atoms in total. The molecule has 26 heavy (non-hydrogen) atoms. The van der Waals surface area contributed by atoms with Gasteiger partial charge in [0.2, 0.25) is 0 Å². The van der Waals surface area contributed by atoms with Crippen molar-refractivity contribution < 1.29 is 4.74 Å². The number of hydrogen-bond donors (Lipinski definition) is 0. The van der Waals surface area contributed by atoms with Crippen molar-refractivity contribution in [3.8, 4) is 6.07 Å². The van der Waals surface area contributed by atoms with E-state index in [1.165, 1.54) is 25.7 Å². The Balaban J connectivity index is 1.43. The molecule has 0 amide bonds. The largest absolute Gasteiger partial charge is 0.376 e. The Morgan fingerprint density at radius 1 is 1.19 bits per heavy atom. The smallest absolute Gasteiger partial charge is 0.150 e. The van der Waals surface area contributed by atoms with Crippen LogP contribution >= 0.6 is 0 Å². The second-order valence-corrected chi connectivity index (χ2v) is 8.43. The Labute approximate surface area is 155 Å². The summed E-state index contributed by atoms with van der Waals surface area (Å²) in [6.45, 7) is 2.67. The van der Waals surface area contributed by atoms with Crippen LogP contribution in [0, 0.1) is 29.1 Å². The fraction of sp³-hybridized carbons (Fsp3) is 0.667. The van der Waals surface area contributed by atoms with Gasteiger partial charge >= 0.3 is 0 Å². The van der Waals surface area contributed by atoms with E-state index in [4.69, 9.17) is 9.72 Å². The molecule has 1 aromatic rings. The molecule has 1 aromatic heterocycles. The standard InChI is InChI=1S/C21H26N4O/c22-10-18-11-23-20(15-5-6-15)24-21(18)25(13-19-2-1-7-26-19)12-17-9-14-3-4-16(17)8-14/h3-4,11,14-17,19H,1-2,5-9,12-13H2. The predicted molar refractivity (Wildman–Crippen MR) is 98.8 cm³/mol. The summed E-state index contributed by atoms with van der Waals surface area (Å²) < 4.78 is 5.91. The monoisotopic (exact) mass is 350 g/mol. The third kappa shape index (κ3) is 3.12. The molecule has 3 aliphatic carbocycles. The second kappa shape index (κ2) is 6.66. The molecular formula is C21H26N4O. The van der Waals surface area contributed by atoms with Gasteiger partial charge in [0.05, 0.1) is 12.3 Å². The predicted octanol–water partition coefficient (Wildman–Crippen LogP) is 3.42. The van der Waals surface area contributed by atoms with Crippen molar-refractivity contribution in [2.45, 2.75) is 50.5 Å². The van der Waals surface area contributed by atoms with Crippen molar-refractivity contribution in [1.82, 2.24) is 9.97 Å². The lowest BCUT2D eigenvalue weighted by Gasteiger charge is -2.32. The fourth-order valence-electron chi connectivity index (χ4n) is 4.91. The quantitative estimate of drug-likeness (QED) is 0.736. The van der Waals surface area contributed by atoms with E-state index in [1.54, 1.807) is 6.20 Å². The van der Waals surface area contributed by atoms with Gasteiger partial charge in [0, 0.05) is 25.6 Å². The van der Waals surface area contributed by atoms with Gasteiger partial charge in [-0.25, -0.2) is 9.97 Å². The van der Waals surface area contributed by atoms with Crippen molar-refractivity contribution in [1.29, 1.82) is 5.26 Å². The number of hydrogen-bond acceptors (Lipinski definition) is 5. The number of allylic oxidation sites excluding steroid dienone is 2.